The van der Waals surface area contributed by atoms with Gasteiger partial charge in [-0.05, 0) is 45.7 Å². The van der Waals surface area contributed by atoms with E-state index in [0.29, 0.717) is 6.54 Å². The first-order valence-electron chi connectivity index (χ1n) is 9.50. The third kappa shape index (κ3) is 4.82. The molecule has 136 valence electrons. The fraction of sp³-hybridized carbons (Fsp3) is 0.600. The molecule has 0 radical (unpaired) electrons. The highest BCUT2D eigenvalue weighted by Gasteiger charge is 2.15. The third-order valence-electron chi connectivity index (χ3n) is 4.99. The molecule has 1 fully saturated rings. The molecule has 0 saturated carbocycles. The second-order valence-electron chi connectivity index (χ2n) is 7.08. The van der Waals surface area contributed by atoms with Crippen LogP contribution in [0.4, 0.5) is 5.95 Å². The average Bonchev–Trinajstić information content (AvgIpc) is 2.98. The van der Waals surface area contributed by atoms with Crippen molar-refractivity contribution in [3.05, 3.63) is 41.1 Å². The Balaban J connectivity index is 1.63. The monoisotopic (exact) mass is 342 g/mol. The van der Waals surface area contributed by atoms with E-state index in [0.717, 1.165) is 41.8 Å². The number of aryl methyl sites for hydroxylation is 2. The molecule has 0 amide bonds. The molecule has 1 saturated heterocycles. The van der Waals surface area contributed by atoms with Crippen molar-refractivity contribution >= 4 is 5.95 Å². The van der Waals surface area contributed by atoms with Gasteiger partial charge < -0.3 is 14.6 Å². The van der Waals surface area contributed by atoms with Gasteiger partial charge in [0.2, 0.25) is 5.95 Å². The van der Waals surface area contributed by atoms with Gasteiger partial charge in [0.1, 0.15) is 11.5 Å². The van der Waals surface area contributed by atoms with Crippen molar-refractivity contribution in [2.24, 2.45) is 0 Å². The van der Waals surface area contributed by atoms with Gasteiger partial charge >= 0.3 is 0 Å². The predicted octanol–water partition coefficient (Wildman–Crippen LogP) is 4.31. The maximum absolute atomic E-state index is 5.62. The molecule has 5 nitrogen and oxygen atoms in total. The van der Waals surface area contributed by atoms with Crippen LogP contribution in [-0.4, -0.2) is 23.1 Å². The SMILES string of the molecule is Cc1ccc(CNC(C)c2cnc(N3CCCCCCC3)nc2C)o1. The molecule has 1 atom stereocenters. The van der Waals surface area contributed by atoms with Crippen LogP contribution in [0.3, 0.4) is 0 Å². The van der Waals surface area contributed by atoms with Crippen molar-refractivity contribution in [1.29, 1.82) is 0 Å². The van der Waals surface area contributed by atoms with Gasteiger partial charge in [-0.1, -0.05) is 19.3 Å². The maximum atomic E-state index is 5.62. The largest absolute Gasteiger partial charge is 0.465 e. The summed E-state index contributed by atoms with van der Waals surface area (Å²) < 4.78 is 5.62. The second-order valence-corrected chi connectivity index (χ2v) is 7.08. The minimum Gasteiger partial charge on any atom is -0.465 e. The van der Waals surface area contributed by atoms with Gasteiger partial charge in [-0.15, -0.1) is 0 Å². The van der Waals surface area contributed by atoms with Gasteiger partial charge in [0.25, 0.3) is 0 Å². The highest BCUT2D eigenvalue weighted by Crippen LogP contribution is 2.20. The quantitative estimate of drug-likeness (QED) is 0.877. The third-order valence-corrected chi connectivity index (χ3v) is 4.99. The molecule has 5 heteroatoms. The normalized spacial score (nSPS) is 17.2. The molecule has 2 aromatic heterocycles. The van der Waals surface area contributed by atoms with Crippen molar-refractivity contribution in [3.63, 3.8) is 0 Å². The first-order valence-corrected chi connectivity index (χ1v) is 9.50. The predicted molar refractivity (Wildman–Crippen MR) is 101 cm³/mol. The van der Waals surface area contributed by atoms with Crippen molar-refractivity contribution < 1.29 is 4.42 Å². The Morgan fingerprint density at radius 2 is 1.84 bits per heavy atom. The van der Waals surface area contributed by atoms with Gasteiger partial charge in [-0.25, -0.2) is 9.97 Å². The molecule has 1 N–H and O–H groups in total. The van der Waals surface area contributed by atoms with Gasteiger partial charge in [0, 0.05) is 36.6 Å². The van der Waals surface area contributed by atoms with E-state index in [1.165, 1.54) is 32.1 Å². The van der Waals surface area contributed by atoms with E-state index in [9.17, 15) is 0 Å². The molecule has 3 heterocycles. The molecule has 1 unspecified atom stereocenters. The fourth-order valence-corrected chi connectivity index (χ4v) is 3.43. The van der Waals surface area contributed by atoms with Crippen LogP contribution in [0, 0.1) is 13.8 Å². The lowest BCUT2D eigenvalue weighted by Crippen LogP contribution is -2.29. The lowest BCUT2D eigenvalue weighted by molar-refractivity contribution is 0.443. The van der Waals surface area contributed by atoms with Crippen LogP contribution in [0.25, 0.3) is 0 Å². The van der Waals surface area contributed by atoms with Gasteiger partial charge in [-0.2, -0.15) is 0 Å². The Labute approximate surface area is 150 Å². The number of anilines is 1. The second kappa shape index (κ2) is 8.48. The van der Waals surface area contributed by atoms with Gasteiger partial charge in [0.15, 0.2) is 0 Å². The Morgan fingerprint density at radius 3 is 2.48 bits per heavy atom. The Morgan fingerprint density at radius 1 is 1.12 bits per heavy atom. The zero-order valence-corrected chi connectivity index (χ0v) is 15.7. The first-order chi connectivity index (χ1) is 12.1. The number of rotatable bonds is 5. The molecular weight excluding hydrogens is 312 g/mol. The van der Waals surface area contributed by atoms with Crippen LogP contribution in [0.2, 0.25) is 0 Å². The molecule has 0 aliphatic carbocycles. The molecule has 25 heavy (non-hydrogen) atoms. The standard InChI is InChI=1S/C20H30N4O/c1-15-9-10-18(25-15)13-21-16(2)19-14-22-20(23-17(19)3)24-11-7-5-4-6-8-12-24/h9-10,14,16,21H,4-8,11-13H2,1-3H3. The van der Waals surface area contributed by atoms with Gasteiger partial charge in [-0.3, -0.25) is 0 Å². The zero-order chi connectivity index (χ0) is 17.6. The average molecular weight is 342 g/mol. The minimum atomic E-state index is 0.187. The smallest absolute Gasteiger partial charge is 0.225 e. The zero-order valence-electron chi connectivity index (χ0n) is 15.7. The van der Waals surface area contributed by atoms with E-state index >= 15 is 0 Å². The fourth-order valence-electron chi connectivity index (χ4n) is 3.43. The molecular formula is C20H30N4O. The van der Waals surface area contributed by atoms with Crippen molar-refractivity contribution in [2.45, 2.75) is 65.5 Å². The van der Waals surface area contributed by atoms with Crippen LogP contribution < -0.4 is 10.2 Å². The Hall–Kier alpha value is -1.88. The number of aromatic nitrogens is 2. The summed E-state index contributed by atoms with van der Waals surface area (Å²) in [5.41, 5.74) is 2.21. The summed E-state index contributed by atoms with van der Waals surface area (Å²) in [6.45, 7) is 9.06. The highest BCUT2D eigenvalue weighted by molar-refractivity contribution is 5.34. The lowest BCUT2D eigenvalue weighted by atomic mass is 10.1. The molecule has 2 aromatic rings. The number of nitrogens with one attached hydrogen (secondary N) is 1. The summed E-state index contributed by atoms with van der Waals surface area (Å²) in [5.74, 6) is 2.79. The van der Waals surface area contributed by atoms with E-state index in [1.54, 1.807) is 0 Å². The van der Waals surface area contributed by atoms with Crippen molar-refractivity contribution in [1.82, 2.24) is 15.3 Å². The molecule has 0 bridgehead atoms. The van der Waals surface area contributed by atoms with E-state index in [2.05, 4.69) is 29.0 Å². The molecule has 3 rings (SSSR count). The van der Waals surface area contributed by atoms with Gasteiger partial charge in [0.05, 0.1) is 6.54 Å². The summed E-state index contributed by atoms with van der Waals surface area (Å²) in [4.78, 5) is 11.8. The van der Waals surface area contributed by atoms with E-state index in [1.807, 2.05) is 25.3 Å². The minimum absolute atomic E-state index is 0.187. The summed E-state index contributed by atoms with van der Waals surface area (Å²) in [5, 5.41) is 3.50. The summed E-state index contributed by atoms with van der Waals surface area (Å²) in [6.07, 6.45) is 8.48. The number of nitrogens with zero attached hydrogens (tertiary/aromatic N) is 3. The highest BCUT2D eigenvalue weighted by atomic mass is 16.3. The Kier molecular flexibility index (Phi) is 6.08. The lowest BCUT2D eigenvalue weighted by Gasteiger charge is -2.25. The van der Waals surface area contributed by atoms with E-state index < -0.39 is 0 Å². The number of hydrogen-bond acceptors (Lipinski definition) is 5. The molecule has 0 aromatic carbocycles. The van der Waals surface area contributed by atoms with E-state index in [4.69, 9.17) is 9.40 Å². The van der Waals surface area contributed by atoms with Crippen LogP contribution in [-0.2, 0) is 6.54 Å². The number of furan rings is 1. The van der Waals surface area contributed by atoms with E-state index in [-0.39, 0.29) is 6.04 Å². The van der Waals surface area contributed by atoms with Crippen LogP contribution in [0.5, 0.6) is 0 Å². The number of hydrogen-bond donors (Lipinski definition) is 1. The van der Waals surface area contributed by atoms with Crippen LogP contribution in [0.1, 0.15) is 67.8 Å². The van der Waals surface area contributed by atoms with Crippen molar-refractivity contribution in [3.8, 4) is 0 Å². The summed E-state index contributed by atoms with van der Waals surface area (Å²) >= 11 is 0. The molecule has 1 aliphatic heterocycles. The molecule has 0 spiro atoms. The first kappa shape index (κ1) is 17.9. The van der Waals surface area contributed by atoms with Crippen molar-refractivity contribution in [2.75, 3.05) is 18.0 Å². The maximum Gasteiger partial charge on any atom is 0.225 e. The van der Waals surface area contributed by atoms with Crippen LogP contribution >= 0.6 is 0 Å². The topological polar surface area (TPSA) is 54.2 Å². The summed E-state index contributed by atoms with van der Waals surface area (Å²) in [6, 6.07) is 4.20. The summed E-state index contributed by atoms with van der Waals surface area (Å²) in [7, 11) is 0. The Bertz CT molecular complexity index is 674. The van der Waals surface area contributed by atoms with Crippen LogP contribution in [0.15, 0.2) is 22.7 Å². The molecule has 1 aliphatic rings.